The predicted molar refractivity (Wildman–Crippen MR) is 74.9 cm³/mol. The minimum atomic E-state index is -0.311. The van der Waals surface area contributed by atoms with Crippen molar-refractivity contribution < 1.29 is 9.13 Å². The van der Waals surface area contributed by atoms with Gasteiger partial charge in [0.15, 0.2) is 0 Å². The minimum absolute atomic E-state index is 0.311. The van der Waals surface area contributed by atoms with E-state index < -0.39 is 0 Å². The van der Waals surface area contributed by atoms with Gasteiger partial charge in [-0.2, -0.15) is 0 Å². The van der Waals surface area contributed by atoms with E-state index in [4.69, 9.17) is 16.3 Å². The van der Waals surface area contributed by atoms with Crippen LogP contribution in [0.5, 0.6) is 11.5 Å². The second-order valence-electron chi connectivity index (χ2n) is 3.91. The van der Waals surface area contributed by atoms with Gasteiger partial charge >= 0.3 is 0 Å². The van der Waals surface area contributed by atoms with E-state index in [1.165, 1.54) is 6.07 Å². The van der Waals surface area contributed by atoms with Gasteiger partial charge in [0.2, 0.25) is 0 Å². The van der Waals surface area contributed by atoms with Gasteiger partial charge in [-0.15, -0.1) is 11.6 Å². The van der Waals surface area contributed by atoms with Crippen molar-refractivity contribution in [3.05, 3.63) is 57.8 Å². The summed E-state index contributed by atoms with van der Waals surface area (Å²) in [4.78, 5) is 0. The topological polar surface area (TPSA) is 9.23 Å². The van der Waals surface area contributed by atoms with Crippen molar-refractivity contribution in [3.8, 4) is 11.5 Å². The largest absolute Gasteiger partial charge is 0.457 e. The molecule has 0 fully saturated rings. The summed E-state index contributed by atoms with van der Waals surface area (Å²) in [7, 11) is 0. The maximum atomic E-state index is 13.1. The monoisotopic (exact) mass is 328 g/mol. The molecule has 0 N–H and O–H groups in total. The highest BCUT2D eigenvalue weighted by Gasteiger charge is 2.05. The van der Waals surface area contributed by atoms with Gasteiger partial charge in [0, 0.05) is 5.88 Å². The lowest BCUT2D eigenvalue weighted by Gasteiger charge is -2.10. The Bertz CT molecular complexity index is 572. The van der Waals surface area contributed by atoms with E-state index in [1.807, 2.05) is 25.1 Å². The lowest BCUT2D eigenvalue weighted by Crippen LogP contribution is -1.90. The van der Waals surface area contributed by atoms with Crippen LogP contribution in [0, 0.1) is 12.7 Å². The first-order valence-corrected chi connectivity index (χ1v) is 6.71. The van der Waals surface area contributed by atoms with E-state index in [0.717, 1.165) is 16.9 Å². The number of hydrogen-bond acceptors (Lipinski definition) is 1. The molecular formula is C14H11BrClFO. The molecule has 2 aromatic carbocycles. The zero-order chi connectivity index (χ0) is 13.1. The minimum Gasteiger partial charge on any atom is -0.457 e. The number of ether oxygens (including phenoxy) is 1. The van der Waals surface area contributed by atoms with Crippen LogP contribution in [0.15, 0.2) is 40.9 Å². The summed E-state index contributed by atoms with van der Waals surface area (Å²) in [6.45, 7) is 1.95. The Morgan fingerprint density at radius 2 is 2.00 bits per heavy atom. The van der Waals surface area contributed by atoms with Crippen LogP contribution < -0.4 is 4.74 Å². The molecule has 0 amide bonds. The third kappa shape index (κ3) is 3.03. The van der Waals surface area contributed by atoms with Gasteiger partial charge < -0.3 is 4.74 Å². The summed E-state index contributed by atoms with van der Waals surface area (Å²) in [5.74, 6) is 1.43. The Labute approximate surface area is 119 Å². The highest BCUT2D eigenvalue weighted by Crippen LogP contribution is 2.29. The normalized spacial score (nSPS) is 10.4. The molecule has 0 saturated carbocycles. The number of rotatable bonds is 3. The number of halogens is 3. The highest BCUT2D eigenvalue weighted by atomic mass is 79.9. The number of alkyl halides is 1. The van der Waals surface area contributed by atoms with Crippen molar-refractivity contribution in [1.29, 1.82) is 0 Å². The van der Waals surface area contributed by atoms with Crippen molar-refractivity contribution in [2.45, 2.75) is 12.8 Å². The first-order valence-electron chi connectivity index (χ1n) is 5.38. The third-order valence-corrected chi connectivity index (χ3v) is 3.44. The second-order valence-corrected chi connectivity index (χ2v) is 5.03. The zero-order valence-corrected chi connectivity index (χ0v) is 12.1. The Kier molecular flexibility index (Phi) is 4.25. The average molecular weight is 330 g/mol. The first kappa shape index (κ1) is 13.4. The highest BCUT2D eigenvalue weighted by molar-refractivity contribution is 9.10. The Balaban J connectivity index is 2.30. The summed E-state index contributed by atoms with van der Waals surface area (Å²) in [6.07, 6.45) is 0. The van der Waals surface area contributed by atoms with Crippen molar-refractivity contribution in [2.75, 3.05) is 0 Å². The molecule has 0 aliphatic heterocycles. The van der Waals surface area contributed by atoms with Crippen molar-refractivity contribution >= 4 is 27.5 Å². The van der Waals surface area contributed by atoms with Gasteiger partial charge in [0.05, 0.1) is 4.47 Å². The van der Waals surface area contributed by atoms with Crippen LogP contribution >= 0.6 is 27.5 Å². The fourth-order valence-corrected chi connectivity index (χ4v) is 2.03. The van der Waals surface area contributed by atoms with Gasteiger partial charge in [-0.3, -0.25) is 0 Å². The van der Waals surface area contributed by atoms with E-state index >= 15 is 0 Å². The molecule has 0 saturated heterocycles. The van der Waals surface area contributed by atoms with E-state index in [0.29, 0.717) is 16.1 Å². The Hall–Kier alpha value is -1.06. The number of aryl methyl sites for hydroxylation is 1. The molecule has 0 unspecified atom stereocenters. The van der Waals surface area contributed by atoms with Crippen LogP contribution in [0.2, 0.25) is 0 Å². The lowest BCUT2D eigenvalue weighted by molar-refractivity contribution is 0.475. The van der Waals surface area contributed by atoms with Crippen molar-refractivity contribution in [3.63, 3.8) is 0 Å². The van der Waals surface area contributed by atoms with Crippen LogP contribution in [0.3, 0.4) is 0 Å². The van der Waals surface area contributed by atoms with Crippen LogP contribution in [0.4, 0.5) is 4.39 Å². The van der Waals surface area contributed by atoms with E-state index in [2.05, 4.69) is 15.9 Å². The molecule has 2 aromatic rings. The fraction of sp³-hybridized carbons (Fsp3) is 0.143. The maximum Gasteiger partial charge on any atom is 0.137 e. The van der Waals surface area contributed by atoms with Crippen LogP contribution in [-0.2, 0) is 5.88 Å². The maximum absolute atomic E-state index is 13.1. The van der Waals surface area contributed by atoms with E-state index in [-0.39, 0.29) is 5.82 Å². The van der Waals surface area contributed by atoms with Crippen LogP contribution in [0.1, 0.15) is 11.1 Å². The molecule has 0 radical (unpaired) electrons. The predicted octanol–water partition coefficient (Wildman–Crippen LogP) is 5.43. The quantitative estimate of drug-likeness (QED) is 0.682. The van der Waals surface area contributed by atoms with Crippen LogP contribution in [0.25, 0.3) is 0 Å². The van der Waals surface area contributed by atoms with E-state index in [9.17, 15) is 4.39 Å². The van der Waals surface area contributed by atoms with Gasteiger partial charge in [-0.25, -0.2) is 4.39 Å². The first-order chi connectivity index (χ1) is 8.60. The molecule has 0 aliphatic carbocycles. The van der Waals surface area contributed by atoms with Crippen LogP contribution in [-0.4, -0.2) is 0 Å². The summed E-state index contributed by atoms with van der Waals surface area (Å²) >= 11 is 8.92. The molecule has 4 heteroatoms. The SMILES string of the molecule is Cc1ccc(CCl)cc1Oc1ccc(F)c(Br)c1. The number of benzene rings is 2. The van der Waals surface area contributed by atoms with Gasteiger partial charge in [0.25, 0.3) is 0 Å². The zero-order valence-electron chi connectivity index (χ0n) is 9.71. The summed E-state index contributed by atoms with van der Waals surface area (Å²) in [5.41, 5.74) is 1.99. The van der Waals surface area contributed by atoms with Crippen molar-refractivity contribution in [2.24, 2.45) is 0 Å². The molecule has 0 aromatic heterocycles. The van der Waals surface area contributed by atoms with Gasteiger partial charge in [-0.05, 0) is 58.2 Å². The Morgan fingerprint density at radius 1 is 1.22 bits per heavy atom. The van der Waals surface area contributed by atoms with Gasteiger partial charge in [-0.1, -0.05) is 12.1 Å². The molecule has 94 valence electrons. The fourth-order valence-electron chi connectivity index (χ4n) is 1.50. The summed E-state index contributed by atoms with van der Waals surface area (Å²) in [5, 5.41) is 0. The lowest BCUT2D eigenvalue weighted by atomic mass is 10.1. The van der Waals surface area contributed by atoms with Crippen molar-refractivity contribution in [1.82, 2.24) is 0 Å². The number of hydrogen-bond donors (Lipinski definition) is 0. The third-order valence-electron chi connectivity index (χ3n) is 2.53. The summed E-state index contributed by atoms with van der Waals surface area (Å²) in [6, 6.07) is 10.3. The molecule has 18 heavy (non-hydrogen) atoms. The molecule has 2 rings (SSSR count). The average Bonchev–Trinajstić information content (AvgIpc) is 2.36. The Morgan fingerprint density at radius 3 is 2.67 bits per heavy atom. The summed E-state index contributed by atoms with van der Waals surface area (Å²) < 4.78 is 19.2. The van der Waals surface area contributed by atoms with E-state index in [1.54, 1.807) is 12.1 Å². The molecule has 1 nitrogen and oxygen atoms in total. The second kappa shape index (κ2) is 5.72. The molecule has 0 atom stereocenters. The standard InChI is InChI=1S/C14H11BrClFO/c1-9-2-3-10(8-16)6-14(9)18-11-4-5-13(17)12(15)7-11/h2-7H,8H2,1H3. The smallest absolute Gasteiger partial charge is 0.137 e. The molecule has 0 spiro atoms. The van der Waals surface area contributed by atoms with Gasteiger partial charge in [0.1, 0.15) is 17.3 Å². The molecule has 0 aliphatic rings. The molecule has 0 bridgehead atoms. The molecular weight excluding hydrogens is 319 g/mol. The molecule has 0 heterocycles.